The first-order valence-corrected chi connectivity index (χ1v) is 21.2. The zero-order valence-electron chi connectivity index (χ0n) is 34.9. The molecule has 0 aliphatic carbocycles. The van der Waals surface area contributed by atoms with E-state index >= 15 is 0 Å². The van der Waals surface area contributed by atoms with Gasteiger partial charge in [0.05, 0.1) is 36.6 Å². The fraction of sp³-hybridized carbons (Fsp3) is 0.596. The van der Waals surface area contributed by atoms with E-state index in [4.69, 9.17) is 24.1 Å². The van der Waals surface area contributed by atoms with Crippen LogP contribution in [-0.2, 0) is 33.3 Å². The number of esters is 1. The van der Waals surface area contributed by atoms with Gasteiger partial charge < -0.3 is 44.5 Å². The van der Waals surface area contributed by atoms with E-state index in [1.165, 1.54) is 18.2 Å². The summed E-state index contributed by atoms with van der Waals surface area (Å²) in [5.41, 5.74) is 0.905. The van der Waals surface area contributed by atoms with Crippen LogP contribution < -0.4 is 0 Å². The standard InChI is InChI=1S/C47H66O12/c1-30(17-14-15-23-44(52)53)27-31(2)47-41-26-25-34(56-47)18-10-6-5-7-12-20-36(49)46(55)43-29-38(51)33(4)40(58-43)22-16-21-39-32(3)37(50)28-42(57-39)35(48)19-11-8-9-13-24-45(54)59-41/h6,8-13,16,19-21,24-27,30,32-34,36-43,46-47,49-51,55H,5,7,14-15,17-18,22-23,28-29H2,1-4H3,(H,52,53)/b9-8-,10-6+,19-11+,20-12+,21-16+,24-13-,31-27+/t30-,32-,33-,34+,36+,37-,38+,39+,40-,41+,42-,43-,46+,47+/m1/s1. The van der Waals surface area contributed by atoms with Crippen LogP contribution in [0.4, 0.5) is 0 Å². The van der Waals surface area contributed by atoms with Crippen LogP contribution in [0.15, 0.2) is 96.7 Å². The average molecular weight is 823 g/mol. The smallest absolute Gasteiger partial charge is 0.331 e. The summed E-state index contributed by atoms with van der Waals surface area (Å²) in [5.74, 6) is -2.03. The van der Waals surface area contributed by atoms with E-state index in [9.17, 15) is 34.8 Å². The Morgan fingerprint density at radius 2 is 1.51 bits per heavy atom. The second-order valence-corrected chi connectivity index (χ2v) is 16.4. The average Bonchev–Trinajstić information content (AvgIpc) is 3.19. The maximum Gasteiger partial charge on any atom is 0.331 e. The van der Waals surface area contributed by atoms with Gasteiger partial charge >= 0.3 is 11.9 Å². The third kappa shape index (κ3) is 15.7. The Morgan fingerprint density at radius 1 is 0.780 bits per heavy atom. The van der Waals surface area contributed by atoms with E-state index in [1.54, 1.807) is 30.4 Å². The van der Waals surface area contributed by atoms with Gasteiger partial charge in [-0.2, -0.15) is 0 Å². The van der Waals surface area contributed by atoms with Crippen LogP contribution in [0.1, 0.15) is 91.9 Å². The van der Waals surface area contributed by atoms with Gasteiger partial charge in [-0.1, -0.05) is 100 Å². The van der Waals surface area contributed by atoms with Crippen molar-refractivity contribution in [2.24, 2.45) is 17.8 Å². The number of aliphatic hydroxyl groups is 4. The number of hydrogen-bond donors (Lipinski definition) is 5. The summed E-state index contributed by atoms with van der Waals surface area (Å²) >= 11 is 0. The molecule has 6 bridgehead atoms. The van der Waals surface area contributed by atoms with Gasteiger partial charge in [0, 0.05) is 37.2 Å². The molecule has 0 unspecified atom stereocenters. The maximum atomic E-state index is 13.1. The van der Waals surface area contributed by atoms with Crippen LogP contribution in [0.2, 0.25) is 0 Å². The van der Waals surface area contributed by atoms with Crippen molar-refractivity contribution >= 4 is 17.7 Å². The molecule has 0 amide bonds. The predicted octanol–water partition coefficient (Wildman–Crippen LogP) is 5.96. The molecule has 14 atom stereocenters. The maximum absolute atomic E-state index is 13.1. The highest BCUT2D eigenvalue weighted by molar-refractivity contribution is 5.94. The van der Waals surface area contributed by atoms with Crippen LogP contribution in [-0.4, -0.2) is 110 Å². The molecule has 0 aromatic heterocycles. The minimum Gasteiger partial charge on any atom is -0.481 e. The number of rotatable bonds is 7. The first-order valence-electron chi connectivity index (χ1n) is 21.2. The summed E-state index contributed by atoms with van der Waals surface area (Å²) in [6.45, 7) is 7.75. The van der Waals surface area contributed by atoms with Crippen molar-refractivity contribution in [3.8, 4) is 0 Å². The second-order valence-electron chi connectivity index (χ2n) is 16.4. The number of carbonyl (C=O) groups excluding carboxylic acids is 2. The first-order chi connectivity index (χ1) is 28.2. The minimum atomic E-state index is -1.24. The molecule has 0 radical (unpaired) electrons. The number of ether oxygens (including phenoxy) is 4. The number of aliphatic carboxylic acids is 1. The molecular formula is C47H66O12. The quantitative estimate of drug-likeness (QED) is 0.115. The van der Waals surface area contributed by atoms with Crippen molar-refractivity contribution in [2.45, 2.75) is 159 Å². The summed E-state index contributed by atoms with van der Waals surface area (Å²) in [6, 6.07) is 0. The number of carbonyl (C=O) groups is 3. The summed E-state index contributed by atoms with van der Waals surface area (Å²) in [6.07, 6.45) is 22.7. The second kappa shape index (κ2) is 24.5. The number of ketones is 1. The Hall–Kier alpha value is -3.75. The van der Waals surface area contributed by atoms with E-state index in [0.717, 1.165) is 18.4 Å². The van der Waals surface area contributed by atoms with Crippen LogP contribution in [0, 0.1) is 17.8 Å². The molecule has 5 rings (SSSR count). The molecule has 12 nitrogen and oxygen atoms in total. The number of unbranched alkanes of at least 4 members (excludes halogenated alkanes) is 1. The fourth-order valence-corrected chi connectivity index (χ4v) is 7.79. The highest BCUT2D eigenvalue weighted by atomic mass is 16.6. The van der Waals surface area contributed by atoms with Gasteiger partial charge in [-0.25, -0.2) is 4.79 Å². The van der Waals surface area contributed by atoms with Gasteiger partial charge in [0.1, 0.15) is 24.4 Å². The van der Waals surface area contributed by atoms with Crippen LogP contribution >= 0.6 is 0 Å². The fourth-order valence-electron chi connectivity index (χ4n) is 7.79. The summed E-state index contributed by atoms with van der Waals surface area (Å²) in [7, 11) is 0. The van der Waals surface area contributed by atoms with Gasteiger partial charge in [-0.05, 0) is 69.1 Å². The summed E-state index contributed by atoms with van der Waals surface area (Å²) in [5, 5.41) is 52.4. The topological polar surface area (TPSA) is 189 Å². The molecule has 0 saturated carbocycles. The molecule has 0 aromatic rings. The molecule has 5 heterocycles. The Morgan fingerprint density at radius 3 is 2.27 bits per heavy atom. The number of fused-ring (bicyclic) bond motifs is 13. The Bertz CT molecular complexity index is 1600. The summed E-state index contributed by atoms with van der Waals surface area (Å²) in [4.78, 5) is 36.9. The predicted molar refractivity (Wildman–Crippen MR) is 224 cm³/mol. The molecule has 2 saturated heterocycles. The molecular weight excluding hydrogens is 757 g/mol. The van der Waals surface area contributed by atoms with E-state index in [0.29, 0.717) is 32.1 Å². The Kier molecular flexibility index (Phi) is 19.9. The SMILES string of the molecule is C/C(=C\[C@H](C)CCCCC(=O)O)[C@@H]1O[C@@H]2C=C[C@@H]1OC(=O)\C=C/C=C\C=C\C(=O)[C@H]1C[C@@H](O)[C@@H](C)[C@H](/C=C/C[C@H]3O[C@H](C[C@H](O)[C@H]3C)[C@@H](O)[C@@H](O)/C=C/CC/C=C/C2)O1. The monoisotopic (exact) mass is 822 g/mol. The van der Waals surface area contributed by atoms with Gasteiger partial charge in [0.25, 0.3) is 0 Å². The van der Waals surface area contributed by atoms with Crippen molar-refractivity contribution in [2.75, 3.05) is 0 Å². The number of carboxylic acids is 1. The van der Waals surface area contributed by atoms with E-state index in [-0.39, 0.29) is 48.9 Å². The van der Waals surface area contributed by atoms with Crippen molar-refractivity contribution in [1.82, 2.24) is 0 Å². The van der Waals surface area contributed by atoms with Crippen molar-refractivity contribution in [3.05, 3.63) is 96.7 Å². The zero-order valence-corrected chi connectivity index (χ0v) is 34.9. The van der Waals surface area contributed by atoms with E-state index in [1.807, 2.05) is 57.2 Å². The van der Waals surface area contributed by atoms with E-state index < -0.39 is 73.0 Å². The highest BCUT2D eigenvalue weighted by Gasteiger charge is 2.40. The van der Waals surface area contributed by atoms with Crippen molar-refractivity contribution < 1.29 is 58.9 Å². The Labute approximate surface area is 349 Å². The molecule has 326 valence electrons. The normalized spacial score (nSPS) is 39.5. The molecule has 0 spiro atoms. The minimum absolute atomic E-state index is 0.136. The van der Waals surface area contributed by atoms with Crippen LogP contribution in [0.3, 0.4) is 0 Å². The molecule has 5 aliphatic heterocycles. The van der Waals surface area contributed by atoms with Gasteiger partial charge in [0.15, 0.2) is 11.9 Å². The van der Waals surface area contributed by atoms with Crippen molar-refractivity contribution in [3.63, 3.8) is 0 Å². The molecule has 2 fully saturated rings. The lowest BCUT2D eigenvalue weighted by Crippen LogP contribution is -2.50. The molecule has 5 aliphatic rings. The zero-order chi connectivity index (χ0) is 42.9. The van der Waals surface area contributed by atoms with Crippen LogP contribution in [0.25, 0.3) is 0 Å². The lowest BCUT2D eigenvalue weighted by Gasteiger charge is -2.40. The highest BCUT2D eigenvalue weighted by Crippen LogP contribution is 2.32. The molecule has 5 N–H and O–H groups in total. The van der Waals surface area contributed by atoms with Gasteiger partial charge in [0.2, 0.25) is 0 Å². The van der Waals surface area contributed by atoms with Gasteiger partial charge in [-0.3, -0.25) is 9.59 Å². The third-order valence-corrected chi connectivity index (χ3v) is 11.5. The largest absolute Gasteiger partial charge is 0.481 e. The summed E-state index contributed by atoms with van der Waals surface area (Å²) < 4.78 is 24.7. The van der Waals surface area contributed by atoms with Crippen molar-refractivity contribution in [1.29, 1.82) is 0 Å². The number of allylic oxidation sites excluding steroid dienone is 7. The molecule has 0 aromatic carbocycles. The number of aliphatic hydroxyl groups excluding tert-OH is 4. The molecule has 59 heavy (non-hydrogen) atoms. The molecule has 12 heteroatoms. The number of hydrogen-bond acceptors (Lipinski definition) is 11. The van der Waals surface area contributed by atoms with Crippen LogP contribution in [0.5, 0.6) is 0 Å². The lowest BCUT2D eigenvalue weighted by molar-refractivity contribution is -0.175. The van der Waals surface area contributed by atoms with E-state index in [2.05, 4.69) is 13.0 Å². The number of carboxylic acid groups (broad SMARTS) is 1. The first kappa shape index (κ1) is 47.9. The third-order valence-electron chi connectivity index (χ3n) is 11.5. The Balaban J connectivity index is 1.50. The van der Waals surface area contributed by atoms with Gasteiger partial charge in [-0.15, -0.1) is 0 Å². The lowest BCUT2D eigenvalue weighted by atomic mass is 9.85.